The second-order valence-corrected chi connectivity index (χ2v) is 6.44. The van der Waals surface area contributed by atoms with Crippen molar-refractivity contribution in [3.63, 3.8) is 0 Å². The minimum absolute atomic E-state index is 0.0870. The van der Waals surface area contributed by atoms with E-state index in [1.54, 1.807) is 0 Å². The Hall–Kier alpha value is -1.80. The number of rotatable bonds is 5. The highest BCUT2D eigenvalue weighted by Gasteiger charge is 2.26. The van der Waals surface area contributed by atoms with Gasteiger partial charge in [-0.15, -0.1) is 6.58 Å². The second kappa shape index (κ2) is 6.58. The maximum Gasteiger partial charge on any atom is 0.220 e. The van der Waals surface area contributed by atoms with Gasteiger partial charge in [-0.05, 0) is 18.9 Å². The Balaban J connectivity index is 2.12. The highest BCUT2D eigenvalue weighted by molar-refractivity contribution is 8.15. The summed E-state index contributed by atoms with van der Waals surface area (Å²) in [6.07, 6.45) is 2.66. The SMILES string of the molecule is C=CC(C)(Cc1ccccc1)SC(=O)c1ccccc1. The van der Waals surface area contributed by atoms with Crippen LogP contribution in [0.25, 0.3) is 0 Å². The second-order valence-electron chi connectivity index (χ2n) is 4.93. The molecule has 2 aromatic rings. The molecular formula is C18H18OS. The van der Waals surface area contributed by atoms with E-state index in [-0.39, 0.29) is 9.86 Å². The zero-order valence-electron chi connectivity index (χ0n) is 11.6. The molecule has 0 aliphatic carbocycles. The van der Waals surface area contributed by atoms with Crippen molar-refractivity contribution in [2.24, 2.45) is 0 Å². The van der Waals surface area contributed by atoms with Crippen LogP contribution in [0, 0.1) is 0 Å². The van der Waals surface area contributed by atoms with Gasteiger partial charge in [0, 0.05) is 10.3 Å². The van der Waals surface area contributed by atoms with Crippen LogP contribution in [0.3, 0.4) is 0 Å². The van der Waals surface area contributed by atoms with Crippen molar-refractivity contribution in [2.75, 3.05) is 0 Å². The first-order valence-corrected chi connectivity index (χ1v) is 7.40. The van der Waals surface area contributed by atoms with Crippen LogP contribution in [0.5, 0.6) is 0 Å². The van der Waals surface area contributed by atoms with Crippen LogP contribution >= 0.6 is 11.8 Å². The lowest BCUT2D eigenvalue weighted by molar-refractivity contribution is 0.108. The molecule has 0 N–H and O–H groups in total. The van der Waals surface area contributed by atoms with Gasteiger partial charge < -0.3 is 0 Å². The van der Waals surface area contributed by atoms with E-state index in [4.69, 9.17) is 0 Å². The van der Waals surface area contributed by atoms with Gasteiger partial charge >= 0.3 is 0 Å². The quantitative estimate of drug-likeness (QED) is 0.736. The number of benzene rings is 2. The van der Waals surface area contributed by atoms with Gasteiger partial charge in [-0.25, -0.2) is 0 Å². The van der Waals surface area contributed by atoms with E-state index >= 15 is 0 Å². The first kappa shape index (κ1) is 14.6. The molecule has 0 saturated heterocycles. The minimum atomic E-state index is -0.297. The molecule has 2 aromatic carbocycles. The summed E-state index contributed by atoms with van der Waals surface area (Å²) in [6, 6.07) is 19.6. The monoisotopic (exact) mass is 282 g/mol. The number of carbonyl (C=O) groups is 1. The molecule has 0 bridgehead atoms. The molecule has 0 spiro atoms. The molecule has 102 valence electrons. The molecule has 0 radical (unpaired) electrons. The van der Waals surface area contributed by atoms with Crippen molar-refractivity contribution in [2.45, 2.75) is 18.1 Å². The third-order valence-corrected chi connectivity index (χ3v) is 4.36. The van der Waals surface area contributed by atoms with E-state index in [9.17, 15) is 4.79 Å². The van der Waals surface area contributed by atoms with E-state index in [2.05, 4.69) is 25.6 Å². The number of hydrogen-bond donors (Lipinski definition) is 0. The van der Waals surface area contributed by atoms with Crippen LogP contribution in [-0.4, -0.2) is 9.86 Å². The molecule has 1 unspecified atom stereocenters. The van der Waals surface area contributed by atoms with Gasteiger partial charge in [0.05, 0.1) is 0 Å². The Labute approximate surface area is 124 Å². The first-order valence-electron chi connectivity index (χ1n) is 6.59. The molecule has 0 aliphatic rings. The molecule has 1 nitrogen and oxygen atoms in total. The minimum Gasteiger partial charge on any atom is -0.282 e. The van der Waals surface area contributed by atoms with Gasteiger partial charge in [-0.2, -0.15) is 0 Å². The normalized spacial score (nSPS) is 13.4. The summed E-state index contributed by atoms with van der Waals surface area (Å²) in [5.41, 5.74) is 1.95. The number of hydrogen-bond acceptors (Lipinski definition) is 2. The van der Waals surface area contributed by atoms with E-state index in [0.29, 0.717) is 0 Å². The van der Waals surface area contributed by atoms with Crippen LogP contribution in [0.4, 0.5) is 0 Å². The molecule has 1 atom stereocenters. The average Bonchev–Trinajstić information content (AvgIpc) is 2.49. The summed E-state index contributed by atoms with van der Waals surface area (Å²) < 4.78 is -0.297. The lowest BCUT2D eigenvalue weighted by Gasteiger charge is -2.24. The molecule has 0 aromatic heterocycles. The zero-order valence-corrected chi connectivity index (χ0v) is 12.4. The highest BCUT2D eigenvalue weighted by Crippen LogP contribution is 2.33. The molecule has 0 aliphatic heterocycles. The summed E-state index contributed by atoms with van der Waals surface area (Å²) in [5, 5.41) is 0.0870. The van der Waals surface area contributed by atoms with Crippen LogP contribution in [0.15, 0.2) is 73.3 Å². The van der Waals surface area contributed by atoms with E-state index < -0.39 is 0 Å². The molecule has 2 rings (SSSR count). The fourth-order valence-corrected chi connectivity index (χ4v) is 3.00. The average molecular weight is 282 g/mol. The Morgan fingerprint density at radius 2 is 1.65 bits per heavy atom. The summed E-state index contributed by atoms with van der Waals surface area (Å²) >= 11 is 1.34. The fourth-order valence-electron chi connectivity index (χ4n) is 2.00. The summed E-state index contributed by atoms with van der Waals surface area (Å²) in [4.78, 5) is 12.3. The van der Waals surface area contributed by atoms with Gasteiger partial charge in [0.25, 0.3) is 0 Å². The number of thioether (sulfide) groups is 1. The lowest BCUT2D eigenvalue weighted by Crippen LogP contribution is -2.22. The predicted octanol–water partition coefficient (Wildman–Crippen LogP) is 4.75. The van der Waals surface area contributed by atoms with Crippen molar-refractivity contribution in [1.29, 1.82) is 0 Å². The predicted molar refractivity (Wildman–Crippen MR) is 87.1 cm³/mol. The molecule has 0 amide bonds. The highest BCUT2D eigenvalue weighted by atomic mass is 32.2. The van der Waals surface area contributed by atoms with E-state index in [1.165, 1.54) is 17.3 Å². The third kappa shape index (κ3) is 3.84. The smallest absolute Gasteiger partial charge is 0.220 e. The number of carbonyl (C=O) groups excluding carboxylic acids is 1. The Morgan fingerprint density at radius 1 is 1.10 bits per heavy atom. The van der Waals surface area contributed by atoms with Crippen molar-refractivity contribution < 1.29 is 4.79 Å². The standard InChI is InChI=1S/C18H18OS/c1-3-18(2,14-15-10-6-4-7-11-15)20-17(19)16-12-8-5-9-13-16/h3-13H,1,14H2,2H3. The molecule has 2 heteroatoms. The van der Waals surface area contributed by atoms with Gasteiger partial charge in [0.1, 0.15) is 0 Å². The van der Waals surface area contributed by atoms with Gasteiger partial charge in [0.15, 0.2) is 0 Å². The summed E-state index contributed by atoms with van der Waals surface area (Å²) in [6.45, 7) is 5.96. The van der Waals surface area contributed by atoms with Crippen molar-refractivity contribution in [3.05, 3.63) is 84.4 Å². The molecular weight excluding hydrogens is 264 g/mol. The Bertz CT molecular complexity index is 577. The summed E-state index contributed by atoms with van der Waals surface area (Å²) in [7, 11) is 0. The zero-order chi connectivity index (χ0) is 14.4. The van der Waals surface area contributed by atoms with Gasteiger partial charge in [-0.3, -0.25) is 4.79 Å². The van der Waals surface area contributed by atoms with Crippen LogP contribution in [0.1, 0.15) is 22.8 Å². The van der Waals surface area contributed by atoms with Gasteiger partial charge in [0.2, 0.25) is 5.12 Å². The maximum absolute atomic E-state index is 12.3. The maximum atomic E-state index is 12.3. The fraction of sp³-hybridized carbons (Fsp3) is 0.167. The van der Waals surface area contributed by atoms with Crippen molar-refractivity contribution in [3.8, 4) is 0 Å². The molecule has 20 heavy (non-hydrogen) atoms. The lowest BCUT2D eigenvalue weighted by atomic mass is 10.0. The molecule has 0 saturated carbocycles. The Morgan fingerprint density at radius 3 is 2.20 bits per heavy atom. The first-order chi connectivity index (χ1) is 9.63. The summed E-state index contributed by atoms with van der Waals surface area (Å²) in [5.74, 6) is 0. The van der Waals surface area contributed by atoms with Crippen molar-refractivity contribution in [1.82, 2.24) is 0 Å². The molecule has 0 heterocycles. The topological polar surface area (TPSA) is 17.1 Å². The largest absolute Gasteiger partial charge is 0.282 e. The third-order valence-electron chi connectivity index (χ3n) is 3.17. The van der Waals surface area contributed by atoms with Gasteiger partial charge in [-0.1, -0.05) is 78.5 Å². The molecule has 0 fully saturated rings. The van der Waals surface area contributed by atoms with Crippen LogP contribution < -0.4 is 0 Å². The van der Waals surface area contributed by atoms with E-state index in [0.717, 1.165) is 12.0 Å². The van der Waals surface area contributed by atoms with Crippen molar-refractivity contribution >= 4 is 16.9 Å². The van der Waals surface area contributed by atoms with Crippen LogP contribution in [-0.2, 0) is 6.42 Å². The van der Waals surface area contributed by atoms with Crippen LogP contribution in [0.2, 0.25) is 0 Å². The van der Waals surface area contributed by atoms with E-state index in [1.807, 2.05) is 54.6 Å². The Kier molecular flexibility index (Phi) is 4.80.